The number of rotatable bonds is 4. The summed E-state index contributed by atoms with van der Waals surface area (Å²) < 4.78 is 5.63. The fourth-order valence-electron chi connectivity index (χ4n) is 2.83. The lowest BCUT2D eigenvalue weighted by molar-refractivity contribution is -0.384. The molecule has 1 aliphatic rings. The van der Waals surface area contributed by atoms with Gasteiger partial charge >= 0.3 is 0 Å². The highest BCUT2D eigenvalue weighted by Gasteiger charge is 2.24. The minimum Gasteiger partial charge on any atom is -0.364 e. The monoisotopic (exact) mass is 341 g/mol. The summed E-state index contributed by atoms with van der Waals surface area (Å²) in [7, 11) is 0. The van der Waals surface area contributed by atoms with Crippen molar-refractivity contribution in [2.75, 3.05) is 24.6 Å². The number of carbonyl (C=O) groups excluding carboxylic acids is 1. The van der Waals surface area contributed by atoms with Crippen LogP contribution in [0.3, 0.4) is 0 Å². The second-order valence-electron chi connectivity index (χ2n) is 5.87. The van der Waals surface area contributed by atoms with Crippen molar-refractivity contribution < 1.29 is 14.5 Å². The van der Waals surface area contributed by atoms with E-state index in [1.807, 2.05) is 17.9 Å². The molecule has 1 heterocycles. The number of non-ortho nitro benzene ring substituents is 1. The Kier molecular flexibility index (Phi) is 4.95. The predicted octanol–water partition coefficient (Wildman–Crippen LogP) is 2.50. The van der Waals surface area contributed by atoms with Gasteiger partial charge < -0.3 is 15.0 Å². The number of aryl methyl sites for hydroxylation is 1. The molecule has 2 aromatic carbocycles. The van der Waals surface area contributed by atoms with E-state index in [1.54, 1.807) is 36.4 Å². The number of anilines is 1. The van der Waals surface area contributed by atoms with E-state index in [0.29, 0.717) is 25.3 Å². The Labute approximate surface area is 145 Å². The van der Waals surface area contributed by atoms with Crippen molar-refractivity contribution >= 4 is 17.3 Å². The number of hydrogen-bond acceptors (Lipinski definition) is 5. The number of ether oxygens (including phenoxy) is 1. The molecule has 1 atom stereocenters. The van der Waals surface area contributed by atoms with E-state index in [4.69, 9.17) is 4.74 Å². The third kappa shape index (κ3) is 3.95. The Hall–Kier alpha value is -2.93. The SMILES string of the molecule is Cc1ccc([N+](=O)[O-])cc1N1CCOC(NC(=O)c2ccccc2)C1. The minimum atomic E-state index is -0.472. The number of benzene rings is 2. The molecular formula is C18H19N3O4. The van der Waals surface area contributed by atoms with E-state index in [9.17, 15) is 14.9 Å². The number of morpholine rings is 1. The average Bonchev–Trinajstić information content (AvgIpc) is 2.63. The van der Waals surface area contributed by atoms with E-state index in [0.717, 1.165) is 11.3 Å². The summed E-state index contributed by atoms with van der Waals surface area (Å²) in [5, 5.41) is 13.9. The van der Waals surface area contributed by atoms with Crippen molar-refractivity contribution in [1.82, 2.24) is 5.32 Å². The summed E-state index contributed by atoms with van der Waals surface area (Å²) in [6, 6.07) is 13.7. The molecule has 1 unspecified atom stereocenters. The van der Waals surface area contributed by atoms with Gasteiger partial charge in [0.1, 0.15) is 6.23 Å². The van der Waals surface area contributed by atoms with E-state index in [-0.39, 0.29) is 11.6 Å². The number of nitro benzene ring substituents is 1. The predicted molar refractivity (Wildman–Crippen MR) is 93.7 cm³/mol. The van der Waals surface area contributed by atoms with E-state index in [2.05, 4.69) is 5.32 Å². The largest absolute Gasteiger partial charge is 0.364 e. The number of amides is 1. The lowest BCUT2D eigenvalue weighted by Gasteiger charge is -2.35. The average molecular weight is 341 g/mol. The van der Waals surface area contributed by atoms with Crippen molar-refractivity contribution in [1.29, 1.82) is 0 Å². The number of carbonyl (C=O) groups is 1. The standard InChI is InChI=1S/C18H19N3O4/c1-13-7-8-15(21(23)24)11-16(13)20-9-10-25-17(12-20)19-18(22)14-5-3-2-4-6-14/h2-8,11,17H,9-10,12H2,1H3,(H,19,22). The molecule has 1 N–H and O–H groups in total. The highest BCUT2D eigenvalue weighted by molar-refractivity contribution is 5.94. The zero-order chi connectivity index (χ0) is 17.8. The van der Waals surface area contributed by atoms with E-state index < -0.39 is 11.2 Å². The van der Waals surface area contributed by atoms with Crippen molar-refractivity contribution in [2.24, 2.45) is 0 Å². The van der Waals surface area contributed by atoms with Crippen LogP contribution in [0.2, 0.25) is 0 Å². The number of nitrogens with zero attached hydrogens (tertiary/aromatic N) is 2. The first kappa shape index (κ1) is 16.9. The zero-order valence-electron chi connectivity index (χ0n) is 13.8. The van der Waals surface area contributed by atoms with E-state index >= 15 is 0 Å². The van der Waals surface area contributed by atoms with Gasteiger partial charge in [0.2, 0.25) is 0 Å². The molecule has 0 aromatic heterocycles. The maximum atomic E-state index is 12.3. The van der Waals surface area contributed by atoms with Crippen molar-refractivity contribution in [3.05, 3.63) is 69.8 Å². The van der Waals surface area contributed by atoms with Crippen LogP contribution in [0.25, 0.3) is 0 Å². The summed E-state index contributed by atoms with van der Waals surface area (Å²) in [4.78, 5) is 24.9. The minimum absolute atomic E-state index is 0.0527. The number of nitrogens with one attached hydrogen (secondary N) is 1. The van der Waals surface area contributed by atoms with Gasteiger partial charge in [-0.3, -0.25) is 14.9 Å². The molecule has 1 aliphatic heterocycles. The fourth-order valence-corrected chi connectivity index (χ4v) is 2.83. The van der Waals surface area contributed by atoms with Crippen LogP contribution in [0.4, 0.5) is 11.4 Å². The first-order valence-electron chi connectivity index (χ1n) is 8.02. The van der Waals surface area contributed by atoms with Crippen LogP contribution in [-0.4, -0.2) is 36.8 Å². The molecule has 25 heavy (non-hydrogen) atoms. The molecular weight excluding hydrogens is 322 g/mol. The lowest BCUT2D eigenvalue weighted by atomic mass is 10.1. The fraction of sp³-hybridized carbons (Fsp3) is 0.278. The molecule has 1 amide bonds. The normalized spacial score (nSPS) is 17.2. The molecule has 0 spiro atoms. The highest BCUT2D eigenvalue weighted by atomic mass is 16.6. The number of hydrogen-bond donors (Lipinski definition) is 1. The van der Waals surface area contributed by atoms with Crippen LogP contribution in [-0.2, 0) is 4.74 Å². The Bertz CT molecular complexity index is 779. The second kappa shape index (κ2) is 7.31. The van der Waals surface area contributed by atoms with Crippen LogP contribution in [0, 0.1) is 17.0 Å². The molecule has 0 radical (unpaired) electrons. The van der Waals surface area contributed by atoms with Gasteiger partial charge in [0.25, 0.3) is 11.6 Å². The third-order valence-electron chi connectivity index (χ3n) is 4.14. The Balaban J connectivity index is 1.72. The van der Waals surface area contributed by atoms with Crippen LogP contribution in [0.15, 0.2) is 48.5 Å². The molecule has 1 fully saturated rings. The van der Waals surface area contributed by atoms with Crippen LogP contribution < -0.4 is 10.2 Å². The Morgan fingerprint density at radius 1 is 1.28 bits per heavy atom. The summed E-state index contributed by atoms with van der Waals surface area (Å²) in [6.07, 6.45) is -0.472. The molecule has 0 bridgehead atoms. The summed E-state index contributed by atoms with van der Waals surface area (Å²) >= 11 is 0. The van der Waals surface area contributed by atoms with Gasteiger partial charge in [0, 0.05) is 29.9 Å². The molecule has 7 heteroatoms. The number of nitro groups is 1. The topological polar surface area (TPSA) is 84.7 Å². The third-order valence-corrected chi connectivity index (χ3v) is 4.14. The second-order valence-corrected chi connectivity index (χ2v) is 5.87. The lowest BCUT2D eigenvalue weighted by Crippen LogP contribution is -2.51. The first-order chi connectivity index (χ1) is 12.0. The molecule has 0 aliphatic carbocycles. The molecule has 3 rings (SSSR count). The molecule has 2 aromatic rings. The Morgan fingerprint density at radius 2 is 2.04 bits per heavy atom. The molecule has 1 saturated heterocycles. The van der Waals surface area contributed by atoms with Crippen molar-refractivity contribution in [3.8, 4) is 0 Å². The van der Waals surface area contributed by atoms with Crippen molar-refractivity contribution in [2.45, 2.75) is 13.2 Å². The van der Waals surface area contributed by atoms with Gasteiger partial charge in [-0.05, 0) is 24.6 Å². The summed E-state index contributed by atoms with van der Waals surface area (Å²) in [5.74, 6) is -0.205. The van der Waals surface area contributed by atoms with Gasteiger partial charge in [-0.1, -0.05) is 24.3 Å². The zero-order valence-corrected chi connectivity index (χ0v) is 13.8. The van der Waals surface area contributed by atoms with Crippen LogP contribution in [0.1, 0.15) is 15.9 Å². The van der Waals surface area contributed by atoms with Crippen molar-refractivity contribution in [3.63, 3.8) is 0 Å². The maximum absolute atomic E-state index is 12.3. The maximum Gasteiger partial charge on any atom is 0.271 e. The van der Waals surface area contributed by atoms with Gasteiger partial charge in [0.05, 0.1) is 18.1 Å². The van der Waals surface area contributed by atoms with E-state index in [1.165, 1.54) is 6.07 Å². The molecule has 130 valence electrons. The Morgan fingerprint density at radius 3 is 2.76 bits per heavy atom. The highest BCUT2D eigenvalue weighted by Crippen LogP contribution is 2.26. The summed E-state index contributed by atoms with van der Waals surface area (Å²) in [5.41, 5.74) is 2.35. The summed E-state index contributed by atoms with van der Waals surface area (Å²) in [6.45, 7) is 3.38. The van der Waals surface area contributed by atoms with Gasteiger partial charge in [-0.15, -0.1) is 0 Å². The van der Waals surface area contributed by atoms with Crippen LogP contribution in [0.5, 0.6) is 0 Å². The van der Waals surface area contributed by atoms with Gasteiger partial charge in [-0.2, -0.15) is 0 Å². The van der Waals surface area contributed by atoms with Crippen LogP contribution >= 0.6 is 0 Å². The van der Waals surface area contributed by atoms with Gasteiger partial charge in [-0.25, -0.2) is 0 Å². The van der Waals surface area contributed by atoms with Gasteiger partial charge in [0.15, 0.2) is 0 Å². The molecule has 0 saturated carbocycles. The smallest absolute Gasteiger partial charge is 0.271 e. The quantitative estimate of drug-likeness (QED) is 0.682. The molecule has 7 nitrogen and oxygen atoms in total. The first-order valence-corrected chi connectivity index (χ1v) is 8.02.